The number of methoxy groups -OCH3 is 1. The average molecular weight is 279 g/mol. The van der Waals surface area contributed by atoms with Crippen LogP contribution in [0.3, 0.4) is 0 Å². The lowest BCUT2D eigenvalue weighted by Crippen LogP contribution is -2.41. The van der Waals surface area contributed by atoms with Crippen molar-refractivity contribution in [2.24, 2.45) is 0 Å². The summed E-state index contributed by atoms with van der Waals surface area (Å²) in [5.74, 6) is 0. The molecule has 0 aromatic heterocycles. The number of ether oxygens (including phenoxy) is 1. The summed E-state index contributed by atoms with van der Waals surface area (Å²) >= 11 is 5.71. The van der Waals surface area contributed by atoms with E-state index in [1.807, 2.05) is 10.3 Å². The number of amides is 1. The number of carbonyl (C=O) groups is 1. The molecule has 1 aromatic rings. The van der Waals surface area contributed by atoms with E-state index in [1.165, 1.54) is 6.07 Å². The number of halogens is 1. The molecule has 0 aliphatic carbocycles. The van der Waals surface area contributed by atoms with E-state index < -0.39 is 16.1 Å². The van der Waals surface area contributed by atoms with Gasteiger partial charge >= 0.3 is 6.09 Å². The molecule has 17 heavy (non-hydrogen) atoms. The van der Waals surface area contributed by atoms with E-state index in [2.05, 4.69) is 4.74 Å². The fourth-order valence-electron chi connectivity index (χ4n) is 1.08. The first-order valence-corrected chi connectivity index (χ1v) is 6.35. The number of carbonyl (C=O) groups excluding carboxylic acids is 1. The molecule has 0 aliphatic heterocycles. The summed E-state index contributed by atoms with van der Waals surface area (Å²) in [4.78, 5) is 12.6. The maximum atomic E-state index is 11.8. The van der Waals surface area contributed by atoms with Crippen LogP contribution in [0.25, 0.3) is 0 Å². The van der Waals surface area contributed by atoms with Gasteiger partial charge in [-0.3, -0.25) is 0 Å². The number of hydrogen-bond acceptors (Lipinski definition) is 4. The Morgan fingerprint density at radius 2 is 2.06 bits per heavy atom. The maximum absolute atomic E-state index is 11.8. The third kappa shape index (κ3) is 3.58. The molecule has 1 amide bonds. The third-order valence-electron chi connectivity index (χ3n) is 1.91. The lowest BCUT2D eigenvalue weighted by Gasteiger charge is -2.09. The van der Waals surface area contributed by atoms with Crippen LogP contribution in [0.4, 0.5) is 4.79 Å². The number of rotatable bonds is 3. The van der Waals surface area contributed by atoms with Gasteiger partial charge in [-0.2, -0.15) is 0 Å². The molecule has 8 heteroatoms. The summed E-state index contributed by atoms with van der Waals surface area (Å²) < 4.78 is 27.8. The van der Waals surface area contributed by atoms with E-state index in [0.29, 0.717) is 5.56 Å². The van der Waals surface area contributed by atoms with Crippen molar-refractivity contribution in [2.75, 3.05) is 7.11 Å². The van der Waals surface area contributed by atoms with Gasteiger partial charge in [0.05, 0.1) is 12.0 Å². The second-order valence-corrected chi connectivity index (χ2v) is 5.22. The average Bonchev–Trinajstić information content (AvgIpc) is 2.29. The van der Waals surface area contributed by atoms with E-state index in [0.717, 1.165) is 7.11 Å². The predicted octanol–water partition coefficient (Wildman–Crippen LogP) is 1.20. The van der Waals surface area contributed by atoms with Gasteiger partial charge in [-0.15, -0.1) is 4.83 Å². The molecule has 1 rings (SSSR count). The molecular formula is C9H11ClN2O4S. The second kappa shape index (κ2) is 5.35. The van der Waals surface area contributed by atoms with Crippen LogP contribution in [0.2, 0.25) is 5.02 Å². The highest BCUT2D eigenvalue weighted by Crippen LogP contribution is 2.19. The molecular weight excluding hydrogens is 268 g/mol. The van der Waals surface area contributed by atoms with Crippen LogP contribution in [0.5, 0.6) is 0 Å². The SMILES string of the molecule is COC(=O)NNS(=O)(=O)c1cc(Cl)ccc1C. The Morgan fingerprint density at radius 3 is 2.65 bits per heavy atom. The monoisotopic (exact) mass is 278 g/mol. The van der Waals surface area contributed by atoms with Crippen LogP contribution in [0, 0.1) is 6.92 Å². The number of sulfonamides is 1. The Bertz CT molecular complexity index is 530. The van der Waals surface area contributed by atoms with Crippen molar-refractivity contribution in [1.82, 2.24) is 10.3 Å². The molecule has 0 radical (unpaired) electrons. The lowest BCUT2D eigenvalue weighted by molar-refractivity contribution is 0.169. The Morgan fingerprint density at radius 1 is 1.41 bits per heavy atom. The molecule has 1 aromatic carbocycles. The highest BCUT2D eigenvalue weighted by atomic mass is 35.5. The molecule has 0 saturated heterocycles. The minimum Gasteiger partial charge on any atom is -0.452 e. The molecule has 0 aliphatic rings. The van der Waals surface area contributed by atoms with Crippen molar-refractivity contribution in [2.45, 2.75) is 11.8 Å². The van der Waals surface area contributed by atoms with Gasteiger partial charge < -0.3 is 4.74 Å². The van der Waals surface area contributed by atoms with Gasteiger partial charge in [0.2, 0.25) is 0 Å². The fourth-order valence-corrected chi connectivity index (χ4v) is 2.42. The highest BCUT2D eigenvalue weighted by Gasteiger charge is 2.18. The quantitative estimate of drug-likeness (QED) is 0.814. The Kier molecular flexibility index (Phi) is 4.33. The summed E-state index contributed by atoms with van der Waals surface area (Å²) in [6, 6.07) is 4.43. The van der Waals surface area contributed by atoms with E-state index in [4.69, 9.17) is 11.6 Å². The molecule has 0 fully saturated rings. The molecule has 0 heterocycles. The molecule has 0 spiro atoms. The topological polar surface area (TPSA) is 84.5 Å². The number of hydrogen-bond donors (Lipinski definition) is 2. The number of nitrogens with one attached hydrogen (secondary N) is 2. The standard InChI is InChI=1S/C9H11ClN2O4S/c1-6-3-4-7(10)5-8(6)17(14,15)12-11-9(13)16-2/h3-5,12H,1-2H3,(H,11,13). The molecule has 0 unspecified atom stereocenters. The van der Waals surface area contributed by atoms with Gasteiger partial charge in [-0.05, 0) is 24.6 Å². The summed E-state index contributed by atoms with van der Waals surface area (Å²) in [6.45, 7) is 1.61. The summed E-state index contributed by atoms with van der Waals surface area (Å²) in [5, 5.41) is 0.286. The van der Waals surface area contributed by atoms with Crippen LogP contribution >= 0.6 is 11.6 Å². The molecule has 94 valence electrons. The third-order valence-corrected chi connectivity index (χ3v) is 3.54. The summed E-state index contributed by atoms with van der Waals surface area (Å²) in [6.07, 6.45) is -0.909. The zero-order valence-electron chi connectivity index (χ0n) is 9.15. The van der Waals surface area contributed by atoms with E-state index in [1.54, 1.807) is 19.1 Å². The normalized spacial score (nSPS) is 11.0. The minimum atomic E-state index is -3.86. The second-order valence-electron chi connectivity index (χ2n) is 3.13. The van der Waals surface area contributed by atoms with Crippen molar-refractivity contribution in [3.63, 3.8) is 0 Å². The molecule has 0 atom stereocenters. The maximum Gasteiger partial charge on any atom is 0.422 e. The predicted molar refractivity (Wildman–Crippen MR) is 62.1 cm³/mol. The lowest BCUT2D eigenvalue weighted by atomic mass is 10.2. The number of benzene rings is 1. The van der Waals surface area contributed by atoms with Crippen LogP contribution in [0.1, 0.15) is 5.56 Å². The molecule has 0 saturated carbocycles. The fraction of sp³-hybridized carbons (Fsp3) is 0.222. The van der Waals surface area contributed by atoms with Crippen molar-refractivity contribution in [3.8, 4) is 0 Å². The molecule has 0 bridgehead atoms. The minimum absolute atomic E-state index is 0.0126. The zero-order chi connectivity index (χ0) is 13.1. The van der Waals surface area contributed by atoms with Gasteiger partial charge in [-0.1, -0.05) is 17.7 Å². The first-order chi connectivity index (χ1) is 7.86. The van der Waals surface area contributed by atoms with Gasteiger partial charge in [-0.25, -0.2) is 18.6 Å². The largest absolute Gasteiger partial charge is 0.452 e. The molecule has 2 N–H and O–H groups in total. The van der Waals surface area contributed by atoms with Crippen LogP contribution < -0.4 is 10.3 Å². The van der Waals surface area contributed by atoms with Gasteiger partial charge in [0.1, 0.15) is 0 Å². The first-order valence-electron chi connectivity index (χ1n) is 4.49. The Balaban J connectivity index is 2.97. The highest BCUT2D eigenvalue weighted by molar-refractivity contribution is 7.89. The van der Waals surface area contributed by atoms with Gasteiger partial charge in [0.25, 0.3) is 10.0 Å². The smallest absolute Gasteiger partial charge is 0.422 e. The summed E-state index contributed by atoms with van der Waals surface area (Å²) in [5.41, 5.74) is 2.38. The zero-order valence-corrected chi connectivity index (χ0v) is 10.7. The Labute approximate surface area is 104 Å². The van der Waals surface area contributed by atoms with Crippen molar-refractivity contribution in [1.29, 1.82) is 0 Å². The number of aryl methyl sites for hydroxylation is 1. The van der Waals surface area contributed by atoms with Crippen molar-refractivity contribution in [3.05, 3.63) is 28.8 Å². The van der Waals surface area contributed by atoms with Crippen molar-refractivity contribution < 1.29 is 17.9 Å². The first kappa shape index (κ1) is 13.8. The number of hydrazine groups is 1. The van der Waals surface area contributed by atoms with E-state index in [9.17, 15) is 13.2 Å². The summed E-state index contributed by atoms with van der Waals surface area (Å²) in [7, 11) is -2.75. The Hall–Kier alpha value is -1.31. The van der Waals surface area contributed by atoms with Crippen LogP contribution in [-0.4, -0.2) is 21.6 Å². The van der Waals surface area contributed by atoms with Gasteiger partial charge in [0, 0.05) is 5.02 Å². The van der Waals surface area contributed by atoms with Crippen molar-refractivity contribution >= 4 is 27.7 Å². The van der Waals surface area contributed by atoms with E-state index in [-0.39, 0.29) is 9.92 Å². The van der Waals surface area contributed by atoms with Crippen LogP contribution in [0.15, 0.2) is 23.1 Å². The van der Waals surface area contributed by atoms with Crippen LogP contribution in [-0.2, 0) is 14.8 Å². The molecule has 6 nitrogen and oxygen atoms in total. The van der Waals surface area contributed by atoms with Gasteiger partial charge in [0.15, 0.2) is 0 Å². The van der Waals surface area contributed by atoms with E-state index >= 15 is 0 Å².